The van der Waals surface area contributed by atoms with E-state index in [1.807, 2.05) is 24.3 Å². The minimum atomic E-state index is -0.899. The average molecular weight is 315 g/mol. The molecule has 1 aliphatic carbocycles. The lowest BCUT2D eigenvalue weighted by atomic mass is 9.88. The first kappa shape index (κ1) is 15.5. The number of nitrogens with zero attached hydrogens (tertiary/aromatic N) is 3. The molecule has 1 fully saturated rings. The highest BCUT2D eigenvalue weighted by Crippen LogP contribution is 2.33. The van der Waals surface area contributed by atoms with Crippen molar-refractivity contribution in [1.82, 2.24) is 14.8 Å². The number of hydrogen-bond donors (Lipinski definition) is 1. The summed E-state index contributed by atoms with van der Waals surface area (Å²) in [5, 5.41) is 13.6. The Balaban J connectivity index is 1.97. The molecule has 0 atom stereocenters. The minimum absolute atomic E-state index is 0.150. The van der Waals surface area contributed by atoms with Gasteiger partial charge in [-0.25, -0.2) is 9.67 Å². The Labute approximate surface area is 135 Å². The van der Waals surface area contributed by atoms with E-state index in [9.17, 15) is 4.79 Å². The summed E-state index contributed by atoms with van der Waals surface area (Å²) in [4.78, 5) is 15.8. The van der Waals surface area contributed by atoms with Gasteiger partial charge in [0, 0.05) is 11.5 Å². The summed E-state index contributed by atoms with van der Waals surface area (Å²) in [6.45, 7) is -0.150. The zero-order valence-electron chi connectivity index (χ0n) is 13.2. The van der Waals surface area contributed by atoms with Crippen molar-refractivity contribution in [2.75, 3.05) is 7.11 Å². The van der Waals surface area contributed by atoms with Crippen molar-refractivity contribution in [3.63, 3.8) is 0 Å². The predicted octanol–water partition coefficient (Wildman–Crippen LogP) is 3.09. The van der Waals surface area contributed by atoms with E-state index in [0.29, 0.717) is 11.7 Å². The van der Waals surface area contributed by atoms with Gasteiger partial charge < -0.3 is 9.84 Å². The lowest BCUT2D eigenvalue weighted by Crippen LogP contribution is -2.17. The van der Waals surface area contributed by atoms with Crippen LogP contribution in [0.2, 0.25) is 0 Å². The van der Waals surface area contributed by atoms with E-state index < -0.39 is 5.97 Å². The van der Waals surface area contributed by atoms with Crippen LogP contribution in [0.25, 0.3) is 11.4 Å². The van der Waals surface area contributed by atoms with Crippen molar-refractivity contribution >= 4 is 5.97 Å². The van der Waals surface area contributed by atoms with E-state index in [4.69, 9.17) is 9.84 Å². The first-order chi connectivity index (χ1) is 11.2. The van der Waals surface area contributed by atoms with Crippen LogP contribution in [0, 0.1) is 0 Å². The summed E-state index contributed by atoms with van der Waals surface area (Å²) in [5.41, 5.74) is 0.838. The van der Waals surface area contributed by atoms with Gasteiger partial charge in [0.25, 0.3) is 0 Å². The Morgan fingerprint density at radius 3 is 2.83 bits per heavy atom. The summed E-state index contributed by atoms with van der Waals surface area (Å²) >= 11 is 0. The highest BCUT2D eigenvalue weighted by molar-refractivity contribution is 5.66. The van der Waals surface area contributed by atoms with Crippen molar-refractivity contribution in [3.05, 3.63) is 30.1 Å². The second-order valence-electron chi connectivity index (χ2n) is 5.91. The minimum Gasteiger partial charge on any atom is -0.497 e. The fourth-order valence-electron chi connectivity index (χ4n) is 3.15. The highest BCUT2D eigenvalue weighted by atomic mass is 16.5. The Kier molecular flexibility index (Phi) is 4.60. The lowest BCUT2D eigenvalue weighted by Gasteiger charge is -2.20. The van der Waals surface area contributed by atoms with Crippen LogP contribution in [-0.4, -0.2) is 33.0 Å². The molecular weight excluding hydrogens is 294 g/mol. The van der Waals surface area contributed by atoms with Gasteiger partial charge in [-0.3, -0.25) is 4.79 Å². The Morgan fingerprint density at radius 2 is 2.13 bits per heavy atom. The lowest BCUT2D eigenvalue weighted by molar-refractivity contribution is -0.137. The van der Waals surface area contributed by atoms with Crippen LogP contribution in [0.3, 0.4) is 0 Å². The molecule has 1 saturated carbocycles. The van der Waals surface area contributed by atoms with Gasteiger partial charge in [0.1, 0.15) is 18.1 Å². The number of aromatic nitrogens is 3. The number of aliphatic carboxylic acids is 1. The molecule has 0 unspecified atom stereocenters. The number of hydrogen-bond acceptors (Lipinski definition) is 4. The van der Waals surface area contributed by atoms with E-state index in [1.54, 1.807) is 11.8 Å². The second-order valence-corrected chi connectivity index (χ2v) is 5.91. The average Bonchev–Trinajstić information content (AvgIpc) is 2.99. The summed E-state index contributed by atoms with van der Waals surface area (Å²) in [6.07, 6.45) is 5.68. The standard InChI is InChI=1S/C17H21N3O3/c1-23-14-9-5-8-13(10-14)16-18-17(12-6-3-2-4-7-12)20(19-16)11-15(21)22/h5,8-10,12H,2-4,6-7,11H2,1H3,(H,21,22). The van der Waals surface area contributed by atoms with Gasteiger partial charge in [-0.1, -0.05) is 31.4 Å². The van der Waals surface area contributed by atoms with Crippen LogP contribution in [0.1, 0.15) is 43.8 Å². The number of rotatable bonds is 5. The Bertz CT molecular complexity index is 690. The molecule has 0 saturated heterocycles. The summed E-state index contributed by atoms with van der Waals surface area (Å²) in [5.74, 6) is 1.49. The third-order valence-electron chi connectivity index (χ3n) is 4.28. The van der Waals surface area contributed by atoms with E-state index in [0.717, 1.165) is 30.0 Å². The quantitative estimate of drug-likeness (QED) is 0.917. The Morgan fingerprint density at radius 1 is 1.35 bits per heavy atom. The van der Waals surface area contributed by atoms with E-state index in [-0.39, 0.29) is 6.54 Å². The molecule has 1 aliphatic rings. The third kappa shape index (κ3) is 3.52. The molecule has 0 radical (unpaired) electrons. The molecule has 122 valence electrons. The van der Waals surface area contributed by atoms with Crippen LogP contribution < -0.4 is 4.74 Å². The van der Waals surface area contributed by atoms with Gasteiger partial charge in [0.15, 0.2) is 5.82 Å². The van der Waals surface area contributed by atoms with Crippen molar-refractivity contribution in [2.24, 2.45) is 0 Å². The molecular formula is C17H21N3O3. The van der Waals surface area contributed by atoms with Gasteiger partial charge in [-0.15, -0.1) is 0 Å². The van der Waals surface area contributed by atoms with E-state index in [1.165, 1.54) is 19.3 Å². The van der Waals surface area contributed by atoms with Crippen molar-refractivity contribution in [1.29, 1.82) is 0 Å². The molecule has 1 heterocycles. The second kappa shape index (κ2) is 6.81. The SMILES string of the molecule is COc1cccc(-c2nc(C3CCCCC3)n(CC(=O)O)n2)c1. The molecule has 0 bridgehead atoms. The van der Waals surface area contributed by atoms with Crippen LogP contribution in [0.15, 0.2) is 24.3 Å². The molecule has 1 aromatic heterocycles. The maximum atomic E-state index is 11.1. The van der Waals surface area contributed by atoms with Crippen LogP contribution >= 0.6 is 0 Å². The van der Waals surface area contributed by atoms with Crippen molar-refractivity contribution in [3.8, 4) is 17.1 Å². The monoisotopic (exact) mass is 315 g/mol. The zero-order valence-corrected chi connectivity index (χ0v) is 13.2. The number of ether oxygens (including phenoxy) is 1. The highest BCUT2D eigenvalue weighted by Gasteiger charge is 2.24. The van der Waals surface area contributed by atoms with Gasteiger partial charge in [0.05, 0.1) is 7.11 Å². The fourth-order valence-corrected chi connectivity index (χ4v) is 3.15. The van der Waals surface area contributed by atoms with E-state index in [2.05, 4.69) is 10.1 Å². The summed E-state index contributed by atoms with van der Waals surface area (Å²) in [6, 6.07) is 7.52. The topological polar surface area (TPSA) is 77.2 Å². The maximum Gasteiger partial charge on any atom is 0.325 e. The molecule has 0 amide bonds. The first-order valence-electron chi connectivity index (χ1n) is 7.98. The van der Waals surface area contributed by atoms with Crippen LogP contribution in [-0.2, 0) is 11.3 Å². The molecule has 6 nitrogen and oxygen atoms in total. The largest absolute Gasteiger partial charge is 0.497 e. The third-order valence-corrected chi connectivity index (χ3v) is 4.28. The van der Waals surface area contributed by atoms with E-state index >= 15 is 0 Å². The molecule has 23 heavy (non-hydrogen) atoms. The molecule has 1 aromatic carbocycles. The van der Waals surface area contributed by atoms with Gasteiger partial charge in [-0.05, 0) is 25.0 Å². The first-order valence-corrected chi connectivity index (χ1v) is 7.98. The smallest absolute Gasteiger partial charge is 0.325 e. The molecule has 0 spiro atoms. The number of carboxylic acid groups (broad SMARTS) is 1. The molecule has 3 rings (SSSR count). The molecule has 6 heteroatoms. The molecule has 0 aliphatic heterocycles. The number of methoxy groups -OCH3 is 1. The number of carbonyl (C=O) groups is 1. The van der Waals surface area contributed by atoms with Crippen LogP contribution in [0.4, 0.5) is 0 Å². The fraction of sp³-hybridized carbons (Fsp3) is 0.471. The zero-order chi connectivity index (χ0) is 16.2. The van der Waals surface area contributed by atoms with Crippen molar-refractivity contribution in [2.45, 2.75) is 44.6 Å². The summed E-state index contributed by atoms with van der Waals surface area (Å²) in [7, 11) is 1.61. The molecule has 1 N–H and O–H groups in total. The Hall–Kier alpha value is -2.37. The van der Waals surface area contributed by atoms with Gasteiger partial charge in [-0.2, -0.15) is 5.10 Å². The normalized spacial score (nSPS) is 15.5. The summed E-state index contributed by atoms with van der Waals surface area (Å²) < 4.78 is 6.79. The number of benzene rings is 1. The van der Waals surface area contributed by atoms with Gasteiger partial charge in [0.2, 0.25) is 0 Å². The van der Waals surface area contributed by atoms with Crippen LogP contribution in [0.5, 0.6) is 5.75 Å². The van der Waals surface area contributed by atoms with Crippen molar-refractivity contribution < 1.29 is 14.6 Å². The maximum absolute atomic E-state index is 11.1. The number of carboxylic acids is 1. The predicted molar refractivity (Wildman–Crippen MR) is 85.5 cm³/mol. The molecule has 2 aromatic rings. The van der Waals surface area contributed by atoms with Gasteiger partial charge >= 0.3 is 5.97 Å².